The van der Waals surface area contributed by atoms with E-state index in [0.717, 1.165) is 0 Å². The highest BCUT2D eigenvalue weighted by atomic mass is 16.2. The fraction of sp³-hybridized carbons (Fsp3) is 0.706. The molecule has 0 spiro atoms. The first-order valence-electron chi connectivity index (χ1n) is 9.14. The van der Waals surface area contributed by atoms with Crippen LogP contribution in [0.15, 0.2) is 0 Å². The molecule has 2 aliphatic rings. The molecule has 0 aromatic heterocycles. The molecule has 3 atom stereocenters. The smallest absolute Gasteiger partial charge is 0.246 e. The van der Waals surface area contributed by atoms with Crippen molar-refractivity contribution in [2.24, 2.45) is 11.5 Å². The number of nitrogens with two attached hydrogens (primary N) is 2. The molecule has 149 valence electrons. The maximum absolute atomic E-state index is 13.0. The van der Waals surface area contributed by atoms with Gasteiger partial charge in [0.25, 0.3) is 0 Å². The number of rotatable bonds is 8. The minimum atomic E-state index is -0.897. The second-order valence-corrected chi connectivity index (χ2v) is 6.85. The largest absolute Gasteiger partial charge is 0.370 e. The van der Waals surface area contributed by atoms with Gasteiger partial charge in [0.05, 0.1) is 12.6 Å². The molecule has 4 amide bonds. The van der Waals surface area contributed by atoms with Crippen LogP contribution in [0.2, 0.25) is 0 Å². The molecule has 1 radical (unpaired) electrons. The average molecular weight is 380 g/mol. The summed E-state index contributed by atoms with van der Waals surface area (Å²) in [6.45, 7) is 0.610. The van der Waals surface area contributed by atoms with Crippen molar-refractivity contribution in [1.82, 2.24) is 15.1 Å². The van der Waals surface area contributed by atoms with Gasteiger partial charge in [0.1, 0.15) is 12.1 Å². The SMILES string of the molecule is NC(=O)CC[C@H](N)C(=O)N1CCC[C@H]1C(=O)N1CCC[C@H]1C(=O)NC[C]=O. The second kappa shape index (κ2) is 9.45. The van der Waals surface area contributed by atoms with Gasteiger partial charge in [-0.1, -0.05) is 0 Å². The highest BCUT2D eigenvalue weighted by molar-refractivity contribution is 5.94. The monoisotopic (exact) mass is 380 g/mol. The quantitative estimate of drug-likeness (QED) is 0.433. The third kappa shape index (κ3) is 5.03. The summed E-state index contributed by atoms with van der Waals surface area (Å²) in [7, 11) is 0. The predicted molar refractivity (Wildman–Crippen MR) is 94.6 cm³/mol. The number of carbonyl (C=O) groups is 4. The molecule has 0 aromatic rings. The van der Waals surface area contributed by atoms with Crippen molar-refractivity contribution >= 4 is 29.9 Å². The van der Waals surface area contributed by atoms with E-state index in [-0.39, 0.29) is 31.2 Å². The molecule has 2 rings (SSSR count). The Morgan fingerprint density at radius 2 is 1.70 bits per heavy atom. The van der Waals surface area contributed by atoms with E-state index in [1.807, 2.05) is 0 Å². The zero-order chi connectivity index (χ0) is 20.0. The Balaban J connectivity index is 2.03. The van der Waals surface area contributed by atoms with Crippen LogP contribution >= 0.6 is 0 Å². The topological polar surface area (TPSA) is 156 Å². The molecule has 0 unspecified atom stereocenters. The number of carbonyl (C=O) groups excluding carboxylic acids is 5. The van der Waals surface area contributed by atoms with Crippen LogP contribution in [-0.2, 0) is 24.0 Å². The van der Waals surface area contributed by atoms with E-state index >= 15 is 0 Å². The molecule has 10 nitrogen and oxygen atoms in total. The van der Waals surface area contributed by atoms with Crippen LogP contribution in [-0.4, -0.2) is 77.5 Å². The lowest BCUT2D eigenvalue weighted by atomic mass is 10.1. The summed E-state index contributed by atoms with van der Waals surface area (Å²) in [5.74, 6) is -1.59. The molecule has 0 bridgehead atoms. The maximum atomic E-state index is 13.0. The molecule has 2 fully saturated rings. The molecule has 0 saturated carbocycles. The third-order valence-electron chi connectivity index (χ3n) is 5.01. The second-order valence-electron chi connectivity index (χ2n) is 6.85. The Bertz CT molecular complexity index is 611. The van der Waals surface area contributed by atoms with Gasteiger partial charge in [-0.15, -0.1) is 0 Å². The van der Waals surface area contributed by atoms with Gasteiger partial charge in [0, 0.05) is 19.5 Å². The molecular weight excluding hydrogens is 354 g/mol. The van der Waals surface area contributed by atoms with Gasteiger partial charge < -0.3 is 26.6 Å². The lowest BCUT2D eigenvalue weighted by Crippen LogP contribution is -2.55. The molecule has 2 saturated heterocycles. The molecule has 27 heavy (non-hydrogen) atoms. The zero-order valence-electron chi connectivity index (χ0n) is 15.2. The van der Waals surface area contributed by atoms with Crippen molar-refractivity contribution in [2.45, 2.75) is 56.7 Å². The van der Waals surface area contributed by atoms with Gasteiger partial charge in [-0.05, 0) is 32.1 Å². The Morgan fingerprint density at radius 3 is 2.33 bits per heavy atom. The number of primary amides is 1. The van der Waals surface area contributed by atoms with Gasteiger partial charge in [-0.25, -0.2) is 0 Å². The first-order chi connectivity index (χ1) is 12.9. The number of amides is 4. The summed E-state index contributed by atoms with van der Waals surface area (Å²) < 4.78 is 0. The summed E-state index contributed by atoms with van der Waals surface area (Å²) in [5.41, 5.74) is 11.0. The number of nitrogens with one attached hydrogen (secondary N) is 1. The lowest BCUT2D eigenvalue weighted by molar-refractivity contribution is -0.147. The van der Waals surface area contributed by atoms with Gasteiger partial charge in [0.2, 0.25) is 29.9 Å². The zero-order valence-corrected chi connectivity index (χ0v) is 15.2. The van der Waals surface area contributed by atoms with Crippen molar-refractivity contribution in [3.05, 3.63) is 0 Å². The molecular formula is C17H26N5O5. The number of nitrogens with zero attached hydrogens (tertiary/aromatic N) is 2. The fourth-order valence-corrected chi connectivity index (χ4v) is 3.66. The van der Waals surface area contributed by atoms with E-state index < -0.39 is 29.9 Å². The Kier molecular flexibility index (Phi) is 7.28. The van der Waals surface area contributed by atoms with E-state index in [9.17, 15) is 24.0 Å². The summed E-state index contributed by atoms with van der Waals surface area (Å²) in [5, 5.41) is 2.43. The van der Waals surface area contributed by atoms with E-state index in [2.05, 4.69) is 5.32 Å². The van der Waals surface area contributed by atoms with Crippen LogP contribution < -0.4 is 16.8 Å². The summed E-state index contributed by atoms with van der Waals surface area (Å²) in [6, 6.07) is -2.21. The minimum Gasteiger partial charge on any atom is -0.370 e. The van der Waals surface area contributed by atoms with Crippen LogP contribution in [0.4, 0.5) is 0 Å². The van der Waals surface area contributed by atoms with Gasteiger partial charge in [-0.3, -0.25) is 24.0 Å². The van der Waals surface area contributed by atoms with Gasteiger partial charge in [0.15, 0.2) is 0 Å². The molecule has 2 heterocycles. The summed E-state index contributed by atoms with van der Waals surface area (Å²) >= 11 is 0. The number of hydrogen-bond donors (Lipinski definition) is 3. The molecule has 0 aromatic carbocycles. The van der Waals surface area contributed by atoms with Crippen LogP contribution in [0, 0.1) is 0 Å². The van der Waals surface area contributed by atoms with Crippen LogP contribution in [0.5, 0.6) is 0 Å². The van der Waals surface area contributed by atoms with Crippen LogP contribution in [0.1, 0.15) is 38.5 Å². The first-order valence-corrected chi connectivity index (χ1v) is 9.14. The predicted octanol–water partition coefficient (Wildman–Crippen LogP) is -2.21. The average Bonchev–Trinajstić information content (AvgIpc) is 3.32. The van der Waals surface area contributed by atoms with E-state index in [1.54, 1.807) is 6.29 Å². The van der Waals surface area contributed by atoms with Crippen molar-refractivity contribution < 1.29 is 24.0 Å². The first kappa shape index (κ1) is 20.8. The molecule has 10 heteroatoms. The van der Waals surface area contributed by atoms with Crippen molar-refractivity contribution in [2.75, 3.05) is 19.6 Å². The molecule has 2 aliphatic heterocycles. The fourth-order valence-electron chi connectivity index (χ4n) is 3.66. The highest BCUT2D eigenvalue weighted by Crippen LogP contribution is 2.25. The van der Waals surface area contributed by atoms with Crippen LogP contribution in [0.25, 0.3) is 0 Å². The lowest BCUT2D eigenvalue weighted by Gasteiger charge is -2.32. The minimum absolute atomic E-state index is 0.00147. The van der Waals surface area contributed by atoms with Gasteiger partial charge >= 0.3 is 0 Å². The standard InChI is InChI=1S/C17H26N5O5/c18-11(5-6-14(19)24)16(26)22-9-2-4-13(22)17(27)21-8-1-3-12(21)15(25)20-7-10-23/h11-13H,1-9,18H2,(H2,19,24)(H,20,25)/t11-,12-,13-/m0/s1. The number of hydrogen-bond acceptors (Lipinski definition) is 6. The Labute approximate surface area is 157 Å². The Hall–Kier alpha value is -2.49. The molecule has 5 N–H and O–H groups in total. The van der Waals surface area contributed by atoms with Crippen molar-refractivity contribution in [3.8, 4) is 0 Å². The Morgan fingerprint density at radius 1 is 1.07 bits per heavy atom. The number of likely N-dealkylation sites (tertiary alicyclic amines) is 2. The summed E-state index contributed by atoms with van der Waals surface area (Å²) in [6.07, 6.45) is 4.06. The van der Waals surface area contributed by atoms with Crippen molar-refractivity contribution in [3.63, 3.8) is 0 Å². The van der Waals surface area contributed by atoms with E-state index in [1.165, 1.54) is 9.80 Å². The maximum Gasteiger partial charge on any atom is 0.246 e. The molecule has 0 aliphatic carbocycles. The van der Waals surface area contributed by atoms with Crippen LogP contribution in [0.3, 0.4) is 0 Å². The van der Waals surface area contributed by atoms with E-state index in [0.29, 0.717) is 38.8 Å². The third-order valence-corrected chi connectivity index (χ3v) is 5.01. The summed E-state index contributed by atoms with van der Waals surface area (Å²) in [4.78, 5) is 61.9. The van der Waals surface area contributed by atoms with E-state index in [4.69, 9.17) is 11.5 Å². The van der Waals surface area contributed by atoms with Gasteiger partial charge in [-0.2, -0.15) is 0 Å². The normalized spacial score (nSPS) is 23.1. The van der Waals surface area contributed by atoms with Crippen molar-refractivity contribution in [1.29, 1.82) is 0 Å². The highest BCUT2D eigenvalue weighted by Gasteiger charge is 2.42.